The molecule has 19 heavy (non-hydrogen) atoms. The van der Waals surface area contributed by atoms with E-state index in [0.717, 1.165) is 11.4 Å². The van der Waals surface area contributed by atoms with Gasteiger partial charge in [-0.1, -0.05) is 32.9 Å². The van der Waals surface area contributed by atoms with Crippen molar-refractivity contribution < 1.29 is 4.79 Å². The Morgan fingerprint density at radius 2 is 1.89 bits per heavy atom. The topological polar surface area (TPSA) is 32.3 Å². The molecule has 1 amide bonds. The van der Waals surface area contributed by atoms with Crippen LogP contribution in [0, 0.1) is 5.41 Å². The minimum absolute atomic E-state index is 0.0523. The van der Waals surface area contributed by atoms with E-state index in [9.17, 15) is 4.79 Å². The first-order valence-corrected chi connectivity index (χ1v) is 6.80. The summed E-state index contributed by atoms with van der Waals surface area (Å²) in [4.78, 5) is 14.3. The monoisotopic (exact) mass is 260 g/mol. The predicted octanol–water partition coefficient (Wildman–Crippen LogP) is 3.40. The van der Waals surface area contributed by atoms with Gasteiger partial charge in [0.05, 0.1) is 16.8 Å². The van der Waals surface area contributed by atoms with E-state index < -0.39 is 0 Å². The zero-order valence-corrected chi connectivity index (χ0v) is 12.8. The lowest BCUT2D eigenvalue weighted by atomic mass is 9.85. The van der Waals surface area contributed by atoms with E-state index in [1.54, 1.807) is 4.90 Å². The van der Waals surface area contributed by atoms with Crippen molar-refractivity contribution >= 4 is 17.3 Å². The lowest BCUT2D eigenvalue weighted by Crippen LogP contribution is -2.40. The number of benzene rings is 1. The van der Waals surface area contributed by atoms with Crippen LogP contribution in [0.4, 0.5) is 11.4 Å². The fourth-order valence-electron chi connectivity index (χ4n) is 2.58. The van der Waals surface area contributed by atoms with Crippen LogP contribution in [-0.2, 0) is 10.2 Å². The summed E-state index contributed by atoms with van der Waals surface area (Å²) in [7, 11) is 1.86. The molecule has 2 rings (SSSR count). The Balaban J connectivity index is 2.61. The molecule has 1 heterocycles. The fourth-order valence-corrected chi connectivity index (χ4v) is 2.58. The van der Waals surface area contributed by atoms with Crippen LogP contribution in [0.2, 0.25) is 0 Å². The summed E-state index contributed by atoms with van der Waals surface area (Å²) in [5.74, 6) is 0.157. The van der Waals surface area contributed by atoms with Gasteiger partial charge < -0.3 is 10.2 Å². The van der Waals surface area contributed by atoms with Crippen molar-refractivity contribution in [2.45, 2.75) is 40.0 Å². The van der Waals surface area contributed by atoms with Gasteiger partial charge in [-0.2, -0.15) is 0 Å². The summed E-state index contributed by atoms with van der Waals surface area (Å²) < 4.78 is 0. The van der Waals surface area contributed by atoms with Gasteiger partial charge in [0.2, 0.25) is 5.91 Å². The molecule has 0 fully saturated rings. The lowest BCUT2D eigenvalue weighted by Gasteiger charge is -2.26. The quantitative estimate of drug-likeness (QED) is 0.775. The van der Waals surface area contributed by atoms with Gasteiger partial charge in [-0.25, -0.2) is 0 Å². The fraction of sp³-hybridized carbons (Fsp3) is 0.562. The second kappa shape index (κ2) is 4.26. The third kappa shape index (κ3) is 2.34. The average Bonchev–Trinajstić information content (AvgIpc) is 2.40. The number of nitrogens with one attached hydrogen (secondary N) is 1. The standard InChI is InChI=1S/C16H24N2O/c1-15(2,3)11-8-7-9-12-13(11)17-10-16(4,5)14(19)18(12)6/h7-9,17H,10H2,1-6H3. The van der Waals surface area contributed by atoms with E-state index in [4.69, 9.17) is 0 Å². The number of carbonyl (C=O) groups is 1. The van der Waals surface area contributed by atoms with Crippen molar-refractivity contribution in [2.75, 3.05) is 23.8 Å². The molecule has 0 aromatic heterocycles. The first-order valence-electron chi connectivity index (χ1n) is 6.80. The first-order chi connectivity index (χ1) is 8.64. The summed E-state index contributed by atoms with van der Waals surface area (Å²) in [5, 5.41) is 3.49. The molecule has 0 radical (unpaired) electrons. The molecule has 1 aliphatic heterocycles. The largest absolute Gasteiger partial charge is 0.382 e. The predicted molar refractivity (Wildman–Crippen MR) is 80.8 cm³/mol. The Kier molecular flexibility index (Phi) is 3.12. The average molecular weight is 260 g/mol. The summed E-state index contributed by atoms with van der Waals surface area (Å²) in [6.45, 7) is 11.2. The maximum absolute atomic E-state index is 12.5. The number of anilines is 2. The molecule has 3 nitrogen and oxygen atoms in total. The molecule has 0 saturated carbocycles. The van der Waals surface area contributed by atoms with Crippen molar-refractivity contribution in [1.82, 2.24) is 0 Å². The molecule has 1 aliphatic rings. The van der Waals surface area contributed by atoms with Crippen LogP contribution in [0.25, 0.3) is 0 Å². The highest BCUT2D eigenvalue weighted by Gasteiger charge is 2.36. The van der Waals surface area contributed by atoms with E-state index in [0.29, 0.717) is 6.54 Å². The van der Waals surface area contributed by atoms with Gasteiger partial charge in [0.25, 0.3) is 0 Å². The van der Waals surface area contributed by atoms with Gasteiger partial charge in [-0.05, 0) is 30.9 Å². The molecular formula is C16H24N2O. The molecule has 3 heteroatoms. The summed E-state index contributed by atoms with van der Waals surface area (Å²) >= 11 is 0. The second-order valence-electron chi connectivity index (χ2n) is 7.05. The Morgan fingerprint density at radius 1 is 1.26 bits per heavy atom. The van der Waals surface area contributed by atoms with Crippen LogP contribution < -0.4 is 10.2 Å². The Bertz CT molecular complexity index is 512. The number of para-hydroxylation sites is 1. The minimum Gasteiger partial charge on any atom is -0.382 e. The van der Waals surface area contributed by atoms with E-state index in [1.165, 1.54) is 5.56 Å². The maximum atomic E-state index is 12.5. The number of fused-ring (bicyclic) bond motifs is 1. The van der Waals surface area contributed by atoms with E-state index in [2.05, 4.69) is 32.2 Å². The van der Waals surface area contributed by atoms with Gasteiger partial charge >= 0.3 is 0 Å². The van der Waals surface area contributed by atoms with Crippen LogP contribution in [0.5, 0.6) is 0 Å². The number of amides is 1. The van der Waals surface area contributed by atoms with Crippen LogP contribution in [0.1, 0.15) is 40.2 Å². The van der Waals surface area contributed by atoms with Crippen LogP contribution in [0.3, 0.4) is 0 Å². The summed E-state index contributed by atoms with van der Waals surface area (Å²) in [6.07, 6.45) is 0. The van der Waals surface area contributed by atoms with Crippen molar-refractivity contribution in [2.24, 2.45) is 5.41 Å². The molecule has 104 valence electrons. The van der Waals surface area contributed by atoms with Crippen LogP contribution in [-0.4, -0.2) is 19.5 Å². The zero-order chi connectivity index (χ0) is 14.4. The van der Waals surface area contributed by atoms with E-state index >= 15 is 0 Å². The van der Waals surface area contributed by atoms with E-state index in [1.807, 2.05) is 33.0 Å². The number of hydrogen-bond acceptors (Lipinski definition) is 2. The molecular weight excluding hydrogens is 236 g/mol. The molecule has 1 aromatic carbocycles. The highest BCUT2D eigenvalue weighted by atomic mass is 16.2. The van der Waals surface area contributed by atoms with E-state index in [-0.39, 0.29) is 16.7 Å². The third-order valence-corrected chi connectivity index (χ3v) is 3.80. The van der Waals surface area contributed by atoms with Gasteiger partial charge in [0.15, 0.2) is 0 Å². The summed E-state index contributed by atoms with van der Waals surface area (Å²) in [6, 6.07) is 6.18. The maximum Gasteiger partial charge on any atom is 0.234 e. The van der Waals surface area contributed by atoms with Gasteiger partial charge in [0.1, 0.15) is 0 Å². The number of hydrogen-bond donors (Lipinski definition) is 1. The Morgan fingerprint density at radius 3 is 2.47 bits per heavy atom. The Hall–Kier alpha value is -1.51. The SMILES string of the molecule is CN1C(=O)C(C)(C)CNc2c1cccc2C(C)(C)C. The van der Waals surface area contributed by atoms with Crippen molar-refractivity contribution in [1.29, 1.82) is 0 Å². The Labute approximate surface area is 116 Å². The normalized spacial score (nSPS) is 18.6. The highest BCUT2D eigenvalue weighted by molar-refractivity contribution is 6.01. The molecule has 0 spiro atoms. The van der Waals surface area contributed by atoms with Gasteiger partial charge in [0, 0.05) is 13.6 Å². The summed E-state index contributed by atoms with van der Waals surface area (Å²) in [5.41, 5.74) is 2.99. The van der Waals surface area contributed by atoms with Gasteiger partial charge in [-0.3, -0.25) is 4.79 Å². The van der Waals surface area contributed by atoms with Crippen molar-refractivity contribution in [3.63, 3.8) is 0 Å². The number of nitrogens with zero attached hydrogens (tertiary/aromatic N) is 1. The number of rotatable bonds is 0. The lowest BCUT2D eigenvalue weighted by molar-refractivity contribution is -0.125. The molecule has 0 bridgehead atoms. The molecule has 0 unspecified atom stereocenters. The van der Waals surface area contributed by atoms with Crippen LogP contribution in [0.15, 0.2) is 18.2 Å². The zero-order valence-electron chi connectivity index (χ0n) is 12.8. The second-order valence-corrected chi connectivity index (χ2v) is 7.05. The molecule has 1 aromatic rings. The number of carbonyl (C=O) groups excluding carboxylic acids is 1. The van der Waals surface area contributed by atoms with Crippen molar-refractivity contribution in [3.05, 3.63) is 23.8 Å². The molecule has 0 saturated heterocycles. The van der Waals surface area contributed by atoms with Crippen LogP contribution >= 0.6 is 0 Å². The smallest absolute Gasteiger partial charge is 0.234 e. The van der Waals surface area contributed by atoms with Crippen molar-refractivity contribution in [3.8, 4) is 0 Å². The molecule has 0 atom stereocenters. The highest BCUT2D eigenvalue weighted by Crippen LogP contribution is 2.40. The minimum atomic E-state index is -0.386. The molecule has 0 aliphatic carbocycles. The van der Waals surface area contributed by atoms with Gasteiger partial charge in [-0.15, -0.1) is 0 Å². The first kappa shape index (κ1) is 13.9. The third-order valence-electron chi connectivity index (χ3n) is 3.80. The molecule has 1 N–H and O–H groups in total.